The van der Waals surface area contributed by atoms with Crippen LogP contribution in [0.5, 0.6) is 0 Å². The van der Waals surface area contributed by atoms with Crippen molar-refractivity contribution in [1.29, 1.82) is 0 Å². The number of nitrogens with two attached hydrogens (primary N) is 1. The Morgan fingerprint density at radius 3 is 3.12 bits per heavy atom. The molecule has 2 aliphatic rings. The van der Waals surface area contributed by atoms with Gasteiger partial charge in [0.1, 0.15) is 23.9 Å². The van der Waals surface area contributed by atoms with E-state index in [1.54, 1.807) is 11.8 Å². The van der Waals surface area contributed by atoms with Gasteiger partial charge in [-0.15, -0.1) is 5.10 Å². The van der Waals surface area contributed by atoms with Gasteiger partial charge in [0.25, 0.3) is 0 Å². The van der Waals surface area contributed by atoms with E-state index in [4.69, 9.17) is 19.9 Å². The van der Waals surface area contributed by atoms with Gasteiger partial charge < -0.3 is 19.9 Å². The van der Waals surface area contributed by atoms with Gasteiger partial charge in [0.2, 0.25) is 0 Å². The lowest BCUT2D eigenvalue weighted by molar-refractivity contribution is 0.0627. The first-order chi connectivity index (χ1) is 8.29. The monoisotopic (exact) mass is 240 g/mol. The first-order valence-electron chi connectivity index (χ1n) is 5.68. The molecule has 0 amide bonds. The summed E-state index contributed by atoms with van der Waals surface area (Å²) in [6.45, 7) is 1.58. The summed E-state index contributed by atoms with van der Waals surface area (Å²) in [6.07, 6.45) is 1.84. The molecular formula is C10H16N4O3. The summed E-state index contributed by atoms with van der Waals surface area (Å²) in [5.74, 6) is 0. The number of aromatic nitrogens is 3. The molecule has 1 aromatic rings. The zero-order chi connectivity index (χ0) is 11.8. The molecule has 7 heteroatoms. The molecule has 0 bridgehead atoms. The summed E-state index contributed by atoms with van der Waals surface area (Å²) >= 11 is 0. The normalized spacial score (nSPS) is 36.4. The summed E-state index contributed by atoms with van der Waals surface area (Å²) < 4.78 is 18.1. The fraction of sp³-hybridized carbons (Fsp3) is 0.800. The average molecular weight is 240 g/mol. The van der Waals surface area contributed by atoms with Crippen LogP contribution in [0.15, 0.2) is 6.20 Å². The molecule has 4 atom stereocenters. The van der Waals surface area contributed by atoms with Crippen molar-refractivity contribution in [2.45, 2.75) is 30.9 Å². The van der Waals surface area contributed by atoms with Gasteiger partial charge in [-0.3, -0.25) is 0 Å². The Hall–Kier alpha value is -1.02. The van der Waals surface area contributed by atoms with Crippen LogP contribution in [-0.4, -0.2) is 53.6 Å². The van der Waals surface area contributed by atoms with Gasteiger partial charge in [-0.25, -0.2) is 4.68 Å². The first-order valence-corrected chi connectivity index (χ1v) is 5.68. The minimum atomic E-state index is -0.0352. The zero-order valence-corrected chi connectivity index (χ0v) is 9.65. The Morgan fingerprint density at radius 2 is 2.29 bits per heavy atom. The molecule has 17 heavy (non-hydrogen) atoms. The van der Waals surface area contributed by atoms with Crippen molar-refractivity contribution in [2.24, 2.45) is 5.73 Å². The van der Waals surface area contributed by atoms with Crippen LogP contribution in [0.2, 0.25) is 0 Å². The Labute approximate surface area is 98.8 Å². The van der Waals surface area contributed by atoms with Crippen LogP contribution in [0.1, 0.15) is 11.7 Å². The van der Waals surface area contributed by atoms with Crippen molar-refractivity contribution in [3.63, 3.8) is 0 Å². The van der Waals surface area contributed by atoms with Crippen LogP contribution in [0.4, 0.5) is 0 Å². The van der Waals surface area contributed by atoms with E-state index in [-0.39, 0.29) is 24.3 Å². The predicted octanol–water partition coefficient (Wildman–Crippen LogP) is -0.909. The van der Waals surface area contributed by atoms with E-state index in [2.05, 4.69) is 10.3 Å². The van der Waals surface area contributed by atoms with Crippen LogP contribution in [0.25, 0.3) is 0 Å². The SMILES string of the molecule is COCc1cn([C@@H]2CO[C@@H]3[C@@H]2OC[C@@H]3N)nn1. The highest BCUT2D eigenvalue weighted by Crippen LogP contribution is 2.32. The molecule has 0 aliphatic carbocycles. The average Bonchev–Trinajstić information content (AvgIpc) is 2.97. The highest BCUT2D eigenvalue weighted by Gasteiger charge is 2.47. The lowest BCUT2D eigenvalue weighted by Gasteiger charge is -2.15. The third-order valence-corrected chi connectivity index (χ3v) is 3.26. The van der Waals surface area contributed by atoms with Crippen LogP contribution in [0, 0.1) is 0 Å². The standard InChI is InChI=1S/C10H16N4O3/c1-15-3-6-2-14(13-12-6)8-5-17-9-7(11)4-16-10(8)9/h2,7-10H,3-5,11H2,1H3/t7-,8+,9-,10+/m0/s1. The van der Waals surface area contributed by atoms with Crippen molar-refractivity contribution < 1.29 is 14.2 Å². The summed E-state index contributed by atoms with van der Waals surface area (Å²) in [5.41, 5.74) is 6.70. The number of nitrogens with zero attached hydrogens (tertiary/aromatic N) is 3. The minimum Gasteiger partial charge on any atom is -0.378 e. The zero-order valence-electron chi connectivity index (χ0n) is 9.65. The molecule has 2 saturated heterocycles. The Balaban J connectivity index is 1.76. The van der Waals surface area contributed by atoms with E-state index in [1.807, 2.05) is 6.20 Å². The fourth-order valence-electron chi connectivity index (χ4n) is 2.42. The van der Waals surface area contributed by atoms with E-state index < -0.39 is 0 Å². The van der Waals surface area contributed by atoms with Crippen LogP contribution >= 0.6 is 0 Å². The molecule has 2 fully saturated rings. The molecule has 7 nitrogen and oxygen atoms in total. The molecule has 2 aliphatic heterocycles. The number of hydrogen-bond acceptors (Lipinski definition) is 6. The third-order valence-electron chi connectivity index (χ3n) is 3.26. The van der Waals surface area contributed by atoms with E-state index in [9.17, 15) is 0 Å². The molecule has 0 unspecified atom stereocenters. The molecule has 3 rings (SSSR count). The fourth-order valence-corrected chi connectivity index (χ4v) is 2.42. The van der Waals surface area contributed by atoms with E-state index >= 15 is 0 Å². The van der Waals surface area contributed by atoms with E-state index in [0.717, 1.165) is 5.69 Å². The lowest BCUT2D eigenvalue weighted by atomic mass is 10.1. The number of ether oxygens (including phenoxy) is 3. The second kappa shape index (κ2) is 4.34. The maximum atomic E-state index is 5.90. The van der Waals surface area contributed by atoms with E-state index in [1.165, 1.54) is 0 Å². The Morgan fingerprint density at radius 1 is 1.47 bits per heavy atom. The predicted molar refractivity (Wildman–Crippen MR) is 57.2 cm³/mol. The van der Waals surface area contributed by atoms with Gasteiger partial charge in [-0.05, 0) is 0 Å². The van der Waals surface area contributed by atoms with Gasteiger partial charge >= 0.3 is 0 Å². The second-order valence-electron chi connectivity index (χ2n) is 4.45. The van der Waals surface area contributed by atoms with Crippen LogP contribution in [0.3, 0.4) is 0 Å². The smallest absolute Gasteiger partial charge is 0.110 e. The van der Waals surface area contributed by atoms with Gasteiger partial charge in [0.05, 0.1) is 32.1 Å². The van der Waals surface area contributed by atoms with Crippen molar-refractivity contribution in [2.75, 3.05) is 20.3 Å². The highest BCUT2D eigenvalue weighted by atomic mass is 16.6. The van der Waals surface area contributed by atoms with Crippen molar-refractivity contribution in [3.05, 3.63) is 11.9 Å². The van der Waals surface area contributed by atoms with Gasteiger partial charge in [-0.2, -0.15) is 0 Å². The van der Waals surface area contributed by atoms with Crippen LogP contribution < -0.4 is 5.73 Å². The molecule has 0 aromatic carbocycles. The van der Waals surface area contributed by atoms with Gasteiger partial charge in [0.15, 0.2) is 0 Å². The summed E-state index contributed by atoms with van der Waals surface area (Å²) in [6, 6.07) is 0.0265. The minimum absolute atomic E-state index is 0.0119. The van der Waals surface area contributed by atoms with Crippen molar-refractivity contribution in [1.82, 2.24) is 15.0 Å². The van der Waals surface area contributed by atoms with Gasteiger partial charge in [0, 0.05) is 7.11 Å². The Bertz CT molecular complexity index is 397. The summed E-state index contributed by atoms with van der Waals surface area (Å²) in [4.78, 5) is 0. The molecule has 1 aromatic heterocycles. The molecule has 0 radical (unpaired) electrons. The largest absolute Gasteiger partial charge is 0.378 e. The maximum Gasteiger partial charge on any atom is 0.110 e. The number of rotatable bonds is 3. The van der Waals surface area contributed by atoms with Crippen molar-refractivity contribution in [3.8, 4) is 0 Å². The molecule has 3 heterocycles. The second-order valence-corrected chi connectivity index (χ2v) is 4.45. The summed E-state index contributed by atoms with van der Waals surface area (Å²) in [7, 11) is 1.63. The highest BCUT2D eigenvalue weighted by molar-refractivity contribution is 5.00. The molecular weight excluding hydrogens is 224 g/mol. The quantitative estimate of drug-likeness (QED) is 0.736. The van der Waals surface area contributed by atoms with Gasteiger partial charge in [-0.1, -0.05) is 5.21 Å². The molecule has 94 valence electrons. The summed E-state index contributed by atoms with van der Waals surface area (Å²) in [5, 5.41) is 8.12. The van der Waals surface area contributed by atoms with E-state index in [0.29, 0.717) is 19.8 Å². The number of fused-ring (bicyclic) bond motifs is 1. The molecule has 2 N–H and O–H groups in total. The van der Waals surface area contributed by atoms with Crippen LogP contribution in [-0.2, 0) is 20.8 Å². The van der Waals surface area contributed by atoms with Crippen molar-refractivity contribution >= 4 is 0 Å². The molecule has 0 spiro atoms. The maximum absolute atomic E-state index is 5.90. The lowest BCUT2D eigenvalue weighted by Crippen LogP contribution is -2.36. The first kappa shape index (κ1) is 11.1. The topological polar surface area (TPSA) is 84.4 Å². The number of methoxy groups -OCH3 is 1. The molecule has 0 saturated carbocycles. The third kappa shape index (κ3) is 1.85. The number of hydrogen-bond donors (Lipinski definition) is 1. The Kier molecular flexibility index (Phi) is 2.83.